The van der Waals surface area contributed by atoms with Crippen molar-refractivity contribution in [3.05, 3.63) is 28.2 Å². The molecule has 0 amide bonds. The Labute approximate surface area is 130 Å². The van der Waals surface area contributed by atoms with Crippen molar-refractivity contribution >= 4 is 21.6 Å². The molecule has 114 valence electrons. The first kappa shape index (κ1) is 17.4. The normalized spacial score (nSPS) is 11.2. The summed E-state index contributed by atoms with van der Waals surface area (Å²) in [5.41, 5.74) is 7.82. The molecule has 0 bridgehead atoms. The molecule has 0 saturated heterocycles. The fraction of sp³-hybridized carbons (Fsp3) is 0.600. The molecule has 20 heavy (non-hydrogen) atoms. The average molecular weight is 345 g/mol. The fourth-order valence-electron chi connectivity index (χ4n) is 1.87. The van der Waals surface area contributed by atoms with Gasteiger partial charge in [0.15, 0.2) is 0 Å². The number of hydrogen-bond acceptors (Lipinski definition) is 4. The molecular formula is C15H25BrN2O2. The SMILES string of the molecule is CCOCCN(CCOCC)Cc1ccc(N)c(Br)c1. The zero-order chi connectivity index (χ0) is 14.8. The Kier molecular flexibility index (Phi) is 8.85. The number of anilines is 1. The Bertz CT molecular complexity index is 378. The predicted molar refractivity (Wildman–Crippen MR) is 86.8 cm³/mol. The molecular weight excluding hydrogens is 320 g/mol. The number of rotatable bonds is 10. The number of ether oxygens (including phenoxy) is 2. The van der Waals surface area contributed by atoms with Gasteiger partial charge in [-0.25, -0.2) is 0 Å². The van der Waals surface area contributed by atoms with Crippen LogP contribution in [0.3, 0.4) is 0 Å². The molecule has 0 atom stereocenters. The van der Waals surface area contributed by atoms with Crippen LogP contribution in [0.2, 0.25) is 0 Å². The molecule has 1 aromatic rings. The van der Waals surface area contributed by atoms with E-state index in [2.05, 4.69) is 33.0 Å². The lowest BCUT2D eigenvalue weighted by molar-refractivity contribution is 0.0798. The summed E-state index contributed by atoms with van der Waals surface area (Å²) in [6.45, 7) is 9.73. The predicted octanol–water partition coefficient (Wildman–Crippen LogP) is 2.91. The van der Waals surface area contributed by atoms with Crippen molar-refractivity contribution in [2.45, 2.75) is 20.4 Å². The third-order valence-electron chi connectivity index (χ3n) is 2.98. The molecule has 0 aliphatic heterocycles. The van der Waals surface area contributed by atoms with E-state index in [4.69, 9.17) is 15.2 Å². The van der Waals surface area contributed by atoms with Gasteiger partial charge in [0.25, 0.3) is 0 Å². The van der Waals surface area contributed by atoms with Gasteiger partial charge in [0.1, 0.15) is 0 Å². The molecule has 4 nitrogen and oxygen atoms in total. The molecule has 0 aliphatic rings. The number of benzene rings is 1. The molecule has 5 heteroatoms. The van der Waals surface area contributed by atoms with Gasteiger partial charge in [-0.1, -0.05) is 6.07 Å². The molecule has 0 spiro atoms. The summed E-state index contributed by atoms with van der Waals surface area (Å²) in [5, 5.41) is 0. The maximum atomic E-state index is 5.82. The average Bonchev–Trinajstić information content (AvgIpc) is 2.43. The molecule has 0 unspecified atom stereocenters. The van der Waals surface area contributed by atoms with Crippen molar-refractivity contribution in [1.29, 1.82) is 0 Å². The van der Waals surface area contributed by atoms with E-state index in [-0.39, 0.29) is 0 Å². The molecule has 0 aliphatic carbocycles. The standard InChI is InChI=1S/C15H25BrN2O2/c1-3-19-9-7-18(8-10-20-4-2)12-13-5-6-15(17)14(16)11-13/h5-6,11H,3-4,7-10,12,17H2,1-2H3. The van der Waals surface area contributed by atoms with Crippen LogP contribution in [0.25, 0.3) is 0 Å². The molecule has 2 N–H and O–H groups in total. The van der Waals surface area contributed by atoms with E-state index >= 15 is 0 Å². The highest BCUT2D eigenvalue weighted by molar-refractivity contribution is 9.10. The van der Waals surface area contributed by atoms with Gasteiger partial charge in [-0.3, -0.25) is 4.90 Å². The Hall–Kier alpha value is -0.620. The molecule has 0 heterocycles. The lowest BCUT2D eigenvalue weighted by Crippen LogP contribution is -2.30. The van der Waals surface area contributed by atoms with Crippen LogP contribution < -0.4 is 5.73 Å². The van der Waals surface area contributed by atoms with Crippen LogP contribution in [0.4, 0.5) is 5.69 Å². The molecule has 1 rings (SSSR count). The van der Waals surface area contributed by atoms with E-state index in [1.807, 2.05) is 19.9 Å². The van der Waals surface area contributed by atoms with Crippen molar-refractivity contribution < 1.29 is 9.47 Å². The second kappa shape index (κ2) is 10.2. The lowest BCUT2D eigenvalue weighted by Gasteiger charge is -2.22. The van der Waals surface area contributed by atoms with Gasteiger partial charge in [0, 0.05) is 43.0 Å². The minimum atomic E-state index is 0.749. The Morgan fingerprint density at radius 3 is 2.20 bits per heavy atom. The number of halogens is 1. The first-order valence-corrected chi connectivity index (χ1v) is 7.88. The molecule has 0 aromatic heterocycles. The first-order valence-electron chi connectivity index (χ1n) is 7.09. The highest BCUT2D eigenvalue weighted by atomic mass is 79.9. The van der Waals surface area contributed by atoms with Gasteiger partial charge < -0.3 is 15.2 Å². The van der Waals surface area contributed by atoms with Crippen molar-refractivity contribution in [3.63, 3.8) is 0 Å². The highest BCUT2D eigenvalue weighted by Crippen LogP contribution is 2.21. The molecule has 0 radical (unpaired) electrons. The summed E-state index contributed by atoms with van der Waals surface area (Å²) in [6, 6.07) is 6.07. The third kappa shape index (κ3) is 6.70. The zero-order valence-corrected chi connectivity index (χ0v) is 14.0. The van der Waals surface area contributed by atoms with E-state index in [1.54, 1.807) is 0 Å². The van der Waals surface area contributed by atoms with Crippen LogP contribution in [0.5, 0.6) is 0 Å². The van der Waals surface area contributed by atoms with E-state index in [0.29, 0.717) is 0 Å². The van der Waals surface area contributed by atoms with Crippen LogP contribution in [-0.4, -0.2) is 44.4 Å². The van der Waals surface area contributed by atoms with Crippen molar-refractivity contribution in [2.75, 3.05) is 45.3 Å². The monoisotopic (exact) mass is 344 g/mol. The summed E-state index contributed by atoms with van der Waals surface area (Å²) < 4.78 is 11.8. The number of nitrogens with two attached hydrogens (primary N) is 1. The van der Waals surface area contributed by atoms with Gasteiger partial charge >= 0.3 is 0 Å². The van der Waals surface area contributed by atoms with Crippen LogP contribution in [0, 0.1) is 0 Å². The summed E-state index contributed by atoms with van der Waals surface area (Å²) >= 11 is 3.47. The number of nitrogen functional groups attached to an aromatic ring is 1. The third-order valence-corrected chi connectivity index (χ3v) is 3.67. The largest absolute Gasteiger partial charge is 0.398 e. The van der Waals surface area contributed by atoms with E-state index in [9.17, 15) is 0 Å². The van der Waals surface area contributed by atoms with Crippen LogP contribution >= 0.6 is 15.9 Å². The van der Waals surface area contributed by atoms with Crippen LogP contribution in [0.1, 0.15) is 19.4 Å². The van der Waals surface area contributed by atoms with Crippen LogP contribution in [0.15, 0.2) is 22.7 Å². The first-order chi connectivity index (χ1) is 9.67. The molecule has 0 saturated carbocycles. The smallest absolute Gasteiger partial charge is 0.0593 e. The van der Waals surface area contributed by atoms with E-state index in [0.717, 1.165) is 56.2 Å². The second-order valence-corrected chi connectivity index (χ2v) is 5.38. The Morgan fingerprint density at radius 1 is 1.10 bits per heavy atom. The highest BCUT2D eigenvalue weighted by Gasteiger charge is 2.07. The van der Waals surface area contributed by atoms with E-state index < -0.39 is 0 Å². The van der Waals surface area contributed by atoms with Gasteiger partial charge in [0.05, 0.1) is 13.2 Å². The van der Waals surface area contributed by atoms with Crippen molar-refractivity contribution in [3.8, 4) is 0 Å². The minimum absolute atomic E-state index is 0.749. The fourth-order valence-corrected chi connectivity index (χ4v) is 2.30. The summed E-state index contributed by atoms with van der Waals surface area (Å²) in [6.07, 6.45) is 0. The van der Waals surface area contributed by atoms with Crippen molar-refractivity contribution in [2.24, 2.45) is 0 Å². The Morgan fingerprint density at radius 2 is 1.70 bits per heavy atom. The number of nitrogens with zero attached hydrogens (tertiary/aromatic N) is 1. The molecule has 1 aromatic carbocycles. The van der Waals surface area contributed by atoms with E-state index in [1.165, 1.54) is 5.56 Å². The van der Waals surface area contributed by atoms with Gasteiger partial charge in [-0.2, -0.15) is 0 Å². The number of hydrogen-bond donors (Lipinski definition) is 1. The van der Waals surface area contributed by atoms with Gasteiger partial charge in [0.2, 0.25) is 0 Å². The quantitative estimate of drug-likeness (QED) is 0.523. The maximum Gasteiger partial charge on any atom is 0.0593 e. The Balaban J connectivity index is 2.54. The lowest BCUT2D eigenvalue weighted by atomic mass is 10.2. The summed E-state index contributed by atoms with van der Waals surface area (Å²) in [7, 11) is 0. The van der Waals surface area contributed by atoms with Crippen molar-refractivity contribution in [1.82, 2.24) is 4.90 Å². The van der Waals surface area contributed by atoms with Gasteiger partial charge in [-0.15, -0.1) is 0 Å². The summed E-state index contributed by atoms with van der Waals surface area (Å²) in [5.74, 6) is 0. The van der Waals surface area contributed by atoms with Crippen LogP contribution in [-0.2, 0) is 16.0 Å². The molecule has 0 fully saturated rings. The second-order valence-electron chi connectivity index (χ2n) is 4.53. The maximum absolute atomic E-state index is 5.82. The van der Waals surface area contributed by atoms with Gasteiger partial charge in [-0.05, 0) is 47.5 Å². The topological polar surface area (TPSA) is 47.7 Å². The minimum Gasteiger partial charge on any atom is -0.398 e. The summed E-state index contributed by atoms with van der Waals surface area (Å²) in [4.78, 5) is 2.34. The zero-order valence-electron chi connectivity index (χ0n) is 12.4.